The lowest BCUT2D eigenvalue weighted by Gasteiger charge is -2.18. The number of methoxy groups -OCH3 is 1. The molecule has 2 aromatic rings. The monoisotopic (exact) mass is 282 g/mol. The first-order valence-corrected chi connectivity index (χ1v) is 7.00. The Balaban J connectivity index is 1.90. The predicted molar refractivity (Wildman–Crippen MR) is 82.7 cm³/mol. The van der Waals surface area contributed by atoms with Crippen LogP contribution in [-0.2, 0) is 13.0 Å². The Morgan fingerprint density at radius 2 is 2.00 bits per heavy atom. The highest BCUT2D eigenvalue weighted by molar-refractivity contribution is 6.07. The van der Waals surface area contributed by atoms with Crippen molar-refractivity contribution in [2.45, 2.75) is 13.0 Å². The Bertz CT molecular complexity index is 665. The molecule has 0 aromatic heterocycles. The summed E-state index contributed by atoms with van der Waals surface area (Å²) in [5, 5.41) is 0. The van der Waals surface area contributed by atoms with Gasteiger partial charge in [0, 0.05) is 24.3 Å². The second kappa shape index (κ2) is 5.58. The number of ether oxygens (including phenoxy) is 1. The van der Waals surface area contributed by atoms with E-state index in [1.807, 2.05) is 17.0 Å². The van der Waals surface area contributed by atoms with Gasteiger partial charge in [0.15, 0.2) is 0 Å². The summed E-state index contributed by atoms with van der Waals surface area (Å²) in [5.41, 5.74) is 9.59. The molecule has 4 heteroatoms. The van der Waals surface area contributed by atoms with E-state index in [1.54, 1.807) is 31.4 Å². The maximum absolute atomic E-state index is 12.7. The third kappa shape index (κ3) is 2.50. The summed E-state index contributed by atoms with van der Waals surface area (Å²) in [6.07, 6.45) is 0.891. The minimum absolute atomic E-state index is 0.0191. The molecule has 2 aromatic carbocycles. The van der Waals surface area contributed by atoms with Gasteiger partial charge >= 0.3 is 0 Å². The van der Waals surface area contributed by atoms with E-state index in [0.717, 1.165) is 23.4 Å². The van der Waals surface area contributed by atoms with E-state index in [0.29, 0.717) is 18.7 Å². The third-order valence-electron chi connectivity index (χ3n) is 3.86. The molecule has 1 amide bonds. The summed E-state index contributed by atoms with van der Waals surface area (Å²) in [6, 6.07) is 13.3. The molecule has 2 N–H and O–H groups in total. The second-order valence-electron chi connectivity index (χ2n) is 5.10. The molecular formula is C17H18N2O2. The van der Waals surface area contributed by atoms with Gasteiger partial charge in [-0.05, 0) is 47.9 Å². The third-order valence-corrected chi connectivity index (χ3v) is 3.86. The smallest absolute Gasteiger partial charge is 0.258 e. The Morgan fingerprint density at radius 1 is 1.24 bits per heavy atom. The highest BCUT2D eigenvalue weighted by atomic mass is 16.5. The average Bonchev–Trinajstić information content (AvgIpc) is 2.97. The lowest BCUT2D eigenvalue weighted by Crippen LogP contribution is -2.28. The largest absolute Gasteiger partial charge is 0.497 e. The van der Waals surface area contributed by atoms with E-state index in [9.17, 15) is 4.79 Å². The number of benzene rings is 2. The molecule has 0 saturated carbocycles. The van der Waals surface area contributed by atoms with Crippen LogP contribution >= 0.6 is 0 Å². The van der Waals surface area contributed by atoms with Gasteiger partial charge in [-0.3, -0.25) is 4.79 Å². The Morgan fingerprint density at radius 3 is 2.67 bits per heavy atom. The molecule has 1 heterocycles. The van der Waals surface area contributed by atoms with E-state index in [4.69, 9.17) is 10.5 Å². The molecule has 0 saturated heterocycles. The van der Waals surface area contributed by atoms with Crippen LogP contribution in [0.15, 0.2) is 42.5 Å². The summed E-state index contributed by atoms with van der Waals surface area (Å²) in [6.45, 7) is 1.20. The van der Waals surface area contributed by atoms with Crippen molar-refractivity contribution in [3.63, 3.8) is 0 Å². The Labute approximate surface area is 124 Å². The first-order valence-electron chi connectivity index (χ1n) is 7.00. The molecule has 108 valence electrons. The molecule has 0 bridgehead atoms. The second-order valence-corrected chi connectivity index (χ2v) is 5.10. The van der Waals surface area contributed by atoms with Crippen LogP contribution in [0.2, 0.25) is 0 Å². The van der Waals surface area contributed by atoms with Gasteiger partial charge in [0.2, 0.25) is 0 Å². The molecule has 1 aliphatic rings. The number of anilines is 1. The maximum Gasteiger partial charge on any atom is 0.258 e. The topological polar surface area (TPSA) is 55.6 Å². The lowest BCUT2D eigenvalue weighted by molar-refractivity contribution is 0.0989. The number of nitrogens with zero attached hydrogens (tertiary/aromatic N) is 1. The van der Waals surface area contributed by atoms with Crippen LogP contribution in [0, 0.1) is 0 Å². The van der Waals surface area contributed by atoms with Crippen molar-refractivity contribution in [3.8, 4) is 5.75 Å². The molecule has 0 radical (unpaired) electrons. The van der Waals surface area contributed by atoms with Crippen LogP contribution < -0.4 is 15.4 Å². The zero-order valence-corrected chi connectivity index (χ0v) is 12.0. The van der Waals surface area contributed by atoms with Gasteiger partial charge < -0.3 is 15.4 Å². The number of hydrogen-bond acceptors (Lipinski definition) is 3. The Kier molecular flexibility index (Phi) is 3.62. The van der Waals surface area contributed by atoms with Crippen LogP contribution in [0.5, 0.6) is 5.75 Å². The zero-order chi connectivity index (χ0) is 14.8. The fourth-order valence-electron chi connectivity index (χ4n) is 2.65. The number of carbonyl (C=O) groups excluding carboxylic acids is 1. The fourth-order valence-corrected chi connectivity index (χ4v) is 2.65. The molecule has 21 heavy (non-hydrogen) atoms. The van der Waals surface area contributed by atoms with Gasteiger partial charge in [-0.1, -0.05) is 12.1 Å². The van der Waals surface area contributed by atoms with Gasteiger partial charge in [0.05, 0.1) is 7.11 Å². The summed E-state index contributed by atoms with van der Waals surface area (Å²) in [7, 11) is 1.61. The predicted octanol–water partition coefficient (Wildman–Crippen LogP) is 2.36. The first-order chi connectivity index (χ1) is 10.2. The maximum atomic E-state index is 12.7. The number of hydrogen-bond donors (Lipinski definition) is 1. The summed E-state index contributed by atoms with van der Waals surface area (Å²) in [5.74, 6) is 0.768. The minimum Gasteiger partial charge on any atom is -0.497 e. The molecule has 0 atom stereocenters. The van der Waals surface area contributed by atoms with Gasteiger partial charge in [-0.15, -0.1) is 0 Å². The standard InChI is InChI=1S/C17H18N2O2/c1-21-15-6-4-14(5-7-15)17(20)19-9-8-13-3-2-12(11-18)10-16(13)19/h2-7,10H,8-9,11,18H2,1H3. The quantitative estimate of drug-likeness (QED) is 0.940. The van der Waals surface area contributed by atoms with E-state index in [-0.39, 0.29) is 5.91 Å². The minimum atomic E-state index is 0.0191. The number of rotatable bonds is 3. The number of fused-ring (bicyclic) bond motifs is 1. The highest BCUT2D eigenvalue weighted by Crippen LogP contribution is 2.30. The average molecular weight is 282 g/mol. The molecule has 0 unspecified atom stereocenters. The van der Waals surface area contributed by atoms with E-state index in [2.05, 4.69) is 6.07 Å². The highest BCUT2D eigenvalue weighted by Gasteiger charge is 2.25. The van der Waals surface area contributed by atoms with Gasteiger partial charge in [0.25, 0.3) is 5.91 Å². The van der Waals surface area contributed by atoms with Gasteiger partial charge in [-0.2, -0.15) is 0 Å². The van der Waals surface area contributed by atoms with Crippen molar-refractivity contribution in [2.75, 3.05) is 18.6 Å². The number of carbonyl (C=O) groups is 1. The number of nitrogens with two attached hydrogens (primary N) is 1. The van der Waals surface area contributed by atoms with Crippen LogP contribution in [0.25, 0.3) is 0 Å². The molecular weight excluding hydrogens is 264 g/mol. The van der Waals surface area contributed by atoms with E-state index >= 15 is 0 Å². The molecule has 0 fully saturated rings. The van der Waals surface area contributed by atoms with Gasteiger partial charge in [-0.25, -0.2) is 0 Å². The van der Waals surface area contributed by atoms with Crippen molar-refractivity contribution in [1.29, 1.82) is 0 Å². The van der Waals surface area contributed by atoms with Crippen LogP contribution in [0.3, 0.4) is 0 Å². The Hall–Kier alpha value is -2.33. The molecule has 1 aliphatic heterocycles. The van der Waals surface area contributed by atoms with E-state index < -0.39 is 0 Å². The molecule has 0 aliphatic carbocycles. The van der Waals surface area contributed by atoms with Crippen molar-refractivity contribution >= 4 is 11.6 Å². The van der Waals surface area contributed by atoms with Crippen molar-refractivity contribution < 1.29 is 9.53 Å². The van der Waals surface area contributed by atoms with Crippen LogP contribution in [0.4, 0.5) is 5.69 Å². The fraction of sp³-hybridized carbons (Fsp3) is 0.235. The lowest BCUT2D eigenvalue weighted by atomic mass is 10.1. The summed E-state index contributed by atoms with van der Waals surface area (Å²) in [4.78, 5) is 14.5. The van der Waals surface area contributed by atoms with Crippen molar-refractivity contribution in [2.24, 2.45) is 5.73 Å². The van der Waals surface area contributed by atoms with E-state index in [1.165, 1.54) is 5.56 Å². The molecule has 4 nitrogen and oxygen atoms in total. The summed E-state index contributed by atoms with van der Waals surface area (Å²) < 4.78 is 5.12. The SMILES string of the molecule is COc1ccc(C(=O)N2CCc3ccc(CN)cc32)cc1. The molecule has 3 rings (SSSR count). The summed E-state index contributed by atoms with van der Waals surface area (Å²) >= 11 is 0. The number of amides is 1. The zero-order valence-electron chi connectivity index (χ0n) is 12.0. The van der Waals surface area contributed by atoms with Crippen LogP contribution in [0.1, 0.15) is 21.5 Å². The first kappa shape index (κ1) is 13.6. The van der Waals surface area contributed by atoms with Crippen molar-refractivity contribution in [3.05, 3.63) is 59.2 Å². The normalized spacial score (nSPS) is 13.1. The van der Waals surface area contributed by atoms with Crippen molar-refractivity contribution in [1.82, 2.24) is 0 Å². The van der Waals surface area contributed by atoms with Gasteiger partial charge in [0.1, 0.15) is 5.75 Å². The van der Waals surface area contributed by atoms with Crippen LogP contribution in [-0.4, -0.2) is 19.6 Å². The molecule has 0 spiro atoms.